The summed E-state index contributed by atoms with van der Waals surface area (Å²) in [6, 6.07) is 8.52. The molecule has 108 valence electrons. The van der Waals surface area contributed by atoms with Gasteiger partial charge in [0.2, 0.25) is 0 Å². The number of rotatable bonds is 6. The van der Waals surface area contributed by atoms with Crippen LogP contribution in [0.4, 0.5) is 0 Å². The van der Waals surface area contributed by atoms with Crippen molar-refractivity contribution in [2.75, 3.05) is 7.11 Å². The van der Waals surface area contributed by atoms with Crippen LogP contribution in [0.3, 0.4) is 0 Å². The van der Waals surface area contributed by atoms with E-state index in [0.29, 0.717) is 6.04 Å². The highest BCUT2D eigenvalue weighted by molar-refractivity contribution is 7.98. The smallest absolute Gasteiger partial charge is 0.191 e. The van der Waals surface area contributed by atoms with Gasteiger partial charge in [-0.3, -0.25) is 0 Å². The third kappa shape index (κ3) is 3.33. The van der Waals surface area contributed by atoms with Crippen LogP contribution in [-0.4, -0.2) is 21.9 Å². The van der Waals surface area contributed by atoms with Crippen LogP contribution in [-0.2, 0) is 12.2 Å². The molecule has 1 heterocycles. The first-order valence-corrected chi connectivity index (χ1v) is 7.83. The molecule has 0 saturated carbocycles. The highest BCUT2D eigenvalue weighted by Crippen LogP contribution is 2.26. The quantitative estimate of drug-likeness (QED) is 0.760. The second-order valence-electron chi connectivity index (χ2n) is 4.86. The SMILES string of the molecule is CCc1nnc(SCc2cccc(OC)c2)n1C(C)C. The summed E-state index contributed by atoms with van der Waals surface area (Å²) in [5, 5.41) is 9.57. The van der Waals surface area contributed by atoms with Crippen LogP contribution >= 0.6 is 11.8 Å². The fourth-order valence-corrected chi connectivity index (χ4v) is 3.10. The zero-order valence-electron chi connectivity index (χ0n) is 12.5. The van der Waals surface area contributed by atoms with Crippen LogP contribution in [0.5, 0.6) is 5.75 Å². The van der Waals surface area contributed by atoms with E-state index in [0.717, 1.165) is 28.9 Å². The van der Waals surface area contributed by atoms with Gasteiger partial charge in [-0.2, -0.15) is 0 Å². The lowest BCUT2D eigenvalue weighted by Gasteiger charge is -2.12. The average molecular weight is 291 g/mol. The molecular weight excluding hydrogens is 270 g/mol. The normalized spacial score (nSPS) is 11.1. The third-order valence-corrected chi connectivity index (χ3v) is 4.08. The van der Waals surface area contributed by atoms with Crippen LogP contribution in [0.1, 0.15) is 38.2 Å². The summed E-state index contributed by atoms with van der Waals surface area (Å²) >= 11 is 1.72. The summed E-state index contributed by atoms with van der Waals surface area (Å²) in [6.07, 6.45) is 0.908. The molecule has 5 heteroatoms. The maximum absolute atomic E-state index is 5.25. The molecule has 0 amide bonds. The van der Waals surface area contributed by atoms with Crippen molar-refractivity contribution >= 4 is 11.8 Å². The molecule has 0 N–H and O–H groups in total. The van der Waals surface area contributed by atoms with Gasteiger partial charge in [0.25, 0.3) is 0 Å². The predicted octanol–water partition coefficient (Wildman–Crippen LogP) is 3.72. The Morgan fingerprint density at radius 2 is 2.10 bits per heavy atom. The van der Waals surface area contributed by atoms with Crippen LogP contribution < -0.4 is 4.74 Å². The van der Waals surface area contributed by atoms with Crippen molar-refractivity contribution in [3.63, 3.8) is 0 Å². The highest BCUT2D eigenvalue weighted by Gasteiger charge is 2.13. The molecule has 1 aromatic carbocycles. The van der Waals surface area contributed by atoms with Gasteiger partial charge in [0.1, 0.15) is 11.6 Å². The van der Waals surface area contributed by atoms with Crippen molar-refractivity contribution in [1.29, 1.82) is 0 Å². The Labute approximate surface area is 124 Å². The minimum Gasteiger partial charge on any atom is -0.497 e. The fourth-order valence-electron chi connectivity index (χ4n) is 2.08. The van der Waals surface area contributed by atoms with Gasteiger partial charge in [0.15, 0.2) is 5.16 Å². The number of hydrogen-bond donors (Lipinski definition) is 0. The van der Waals surface area contributed by atoms with E-state index in [1.807, 2.05) is 12.1 Å². The van der Waals surface area contributed by atoms with E-state index in [1.54, 1.807) is 18.9 Å². The average Bonchev–Trinajstić information content (AvgIpc) is 2.88. The van der Waals surface area contributed by atoms with Gasteiger partial charge in [-0.05, 0) is 31.5 Å². The second-order valence-corrected chi connectivity index (χ2v) is 5.80. The first kappa shape index (κ1) is 14.9. The van der Waals surface area contributed by atoms with Crippen LogP contribution in [0.2, 0.25) is 0 Å². The number of nitrogens with zero attached hydrogens (tertiary/aromatic N) is 3. The predicted molar refractivity (Wildman–Crippen MR) is 82.3 cm³/mol. The highest BCUT2D eigenvalue weighted by atomic mass is 32.2. The first-order chi connectivity index (χ1) is 9.65. The van der Waals surface area contributed by atoms with Gasteiger partial charge in [0.05, 0.1) is 7.11 Å². The van der Waals surface area contributed by atoms with E-state index in [4.69, 9.17) is 4.74 Å². The minimum absolute atomic E-state index is 0.382. The Morgan fingerprint density at radius 1 is 1.30 bits per heavy atom. The van der Waals surface area contributed by atoms with Crippen molar-refractivity contribution in [2.45, 2.75) is 44.1 Å². The fraction of sp³-hybridized carbons (Fsp3) is 0.467. The summed E-state index contributed by atoms with van der Waals surface area (Å²) < 4.78 is 7.46. The third-order valence-electron chi connectivity index (χ3n) is 3.07. The number of methoxy groups -OCH3 is 1. The Morgan fingerprint density at radius 3 is 2.75 bits per heavy atom. The van der Waals surface area contributed by atoms with E-state index in [-0.39, 0.29) is 0 Å². The van der Waals surface area contributed by atoms with E-state index in [2.05, 4.69) is 47.7 Å². The Hall–Kier alpha value is -1.49. The topological polar surface area (TPSA) is 39.9 Å². The number of aromatic nitrogens is 3. The molecule has 1 aromatic heterocycles. The molecule has 0 saturated heterocycles. The van der Waals surface area contributed by atoms with Gasteiger partial charge in [-0.25, -0.2) is 0 Å². The molecule has 0 atom stereocenters. The zero-order chi connectivity index (χ0) is 14.5. The van der Waals surface area contributed by atoms with Gasteiger partial charge in [-0.15, -0.1) is 10.2 Å². The van der Waals surface area contributed by atoms with E-state index >= 15 is 0 Å². The van der Waals surface area contributed by atoms with E-state index < -0.39 is 0 Å². The molecular formula is C15H21N3OS. The lowest BCUT2D eigenvalue weighted by Crippen LogP contribution is -2.07. The number of ether oxygens (including phenoxy) is 1. The largest absolute Gasteiger partial charge is 0.497 e. The Bertz CT molecular complexity index is 566. The van der Waals surface area contributed by atoms with Gasteiger partial charge < -0.3 is 9.30 Å². The van der Waals surface area contributed by atoms with Gasteiger partial charge in [0, 0.05) is 18.2 Å². The second kappa shape index (κ2) is 6.79. The molecule has 0 radical (unpaired) electrons. The number of hydrogen-bond acceptors (Lipinski definition) is 4. The minimum atomic E-state index is 0.382. The monoisotopic (exact) mass is 291 g/mol. The molecule has 20 heavy (non-hydrogen) atoms. The number of benzene rings is 1. The molecule has 0 unspecified atom stereocenters. The molecule has 2 aromatic rings. The van der Waals surface area contributed by atoms with Crippen molar-refractivity contribution < 1.29 is 4.74 Å². The Kier molecular flexibility index (Phi) is 5.06. The Balaban J connectivity index is 2.12. The summed E-state index contributed by atoms with van der Waals surface area (Å²) in [7, 11) is 1.69. The molecule has 4 nitrogen and oxygen atoms in total. The molecule has 0 aliphatic rings. The summed E-state index contributed by atoms with van der Waals surface area (Å²) in [5.74, 6) is 2.81. The van der Waals surface area contributed by atoms with Crippen molar-refractivity contribution in [3.05, 3.63) is 35.7 Å². The first-order valence-electron chi connectivity index (χ1n) is 6.85. The van der Waals surface area contributed by atoms with E-state index in [1.165, 1.54) is 5.56 Å². The summed E-state index contributed by atoms with van der Waals surface area (Å²) in [4.78, 5) is 0. The van der Waals surface area contributed by atoms with E-state index in [9.17, 15) is 0 Å². The molecule has 0 aliphatic heterocycles. The lowest BCUT2D eigenvalue weighted by molar-refractivity contribution is 0.414. The van der Waals surface area contributed by atoms with Gasteiger partial charge in [-0.1, -0.05) is 30.8 Å². The summed E-state index contributed by atoms with van der Waals surface area (Å²) in [5.41, 5.74) is 1.23. The zero-order valence-corrected chi connectivity index (χ0v) is 13.3. The molecule has 0 fully saturated rings. The van der Waals surface area contributed by atoms with Gasteiger partial charge >= 0.3 is 0 Å². The molecule has 0 spiro atoms. The molecule has 0 bridgehead atoms. The number of thioether (sulfide) groups is 1. The van der Waals surface area contributed by atoms with Crippen LogP contribution in [0.25, 0.3) is 0 Å². The number of aryl methyl sites for hydroxylation is 1. The summed E-state index contributed by atoms with van der Waals surface area (Å²) in [6.45, 7) is 6.44. The maximum Gasteiger partial charge on any atom is 0.191 e. The van der Waals surface area contributed by atoms with Crippen LogP contribution in [0.15, 0.2) is 29.4 Å². The van der Waals surface area contributed by atoms with Crippen molar-refractivity contribution in [2.24, 2.45) is 0 Å². The standard InChI is InChI=1S/C15H21N3OS/c1-5-14-16-17-15(18(14)11(2)3)20-10-12-7-6-8-13(9-12)19-4/h6-9,11H,5,10H2,1-4H3. The van der Waals surface area contributed by atoms with Crippen molar-refractivity contribution in [1.82, 2.24) is 14.8 Å². The molecule has 0 aliphatic carbocycles. The van der Waals surface area contributed by atoms with Crippen LogP contribution in [0, 0.1) is 0 Å². The lowest BCUT2D eigenvalue weighted by atomic mass is 10.2. The maximum atomic E-state index is 5.25. The molecule has 2 rings (SSSR count). The van der Waals surface area contributed by atoms with Crippen molar-refractivity contribution in [3.8, 4) is 5.75 Å².